The maximum Gasteiger partial charge on any atom is 0.417 e. The molecule has 90 valence electrons. The summed E-state index contributed by atoms with van der Waals surface area (Å²) in [4.78, 5) is 13.8. The van der Waals surface area contributed by atoms with Gasteiger partial charge in [0.15, 0.2) is 5.58 Å². The molecule has 0 aliphatic rings. The van der Waals surface area contributed by atoms with E-state index in [1.165, 1.54) is 0 Å². The van der Waals surface area contributed by atoms with Crippen molar-refractivity contribution in [3.8, 4) is 0 Å². The summed E-state index contributed by atoms with van der Waals surface area (Å²) in [5.41, 5.74) is 3.51. The summed E-state index contributed by atoms with van der Waals surface area (Å²) in [7, 11) is 0. The third kappa shape index (κ3) is 1.99. The first-order valence-corrected chi connectivity index (χ1v) is 6.47. The van der Waals surface area contributed by atoms with Crippen LogP contribution in [-0.4, -0.2) is 4.98 Å². The predicted molar refractivity (Wildman–Crippen MR) is 74.0 cm³/mol. The fraction of sp³-hybridized carbons (Fsp3) is 0.0714. The van der Waals surface area contributed by atoms with Gasteiger partial charge in [0.25, 0.3) is 0 Å². The van der Waals surface area contributed by atoms with Gasteiger partial charge in [0.05, 0.1) is 10.3 Å². The van der Waals surface area contributed by atoms with Crippen LogP contribution < -0.4 is 5.76 Å². The number of aromatic nitrogens is 1. The molecule has 0 aliphatic carbocycles. The van der Waals surface area contributed by atoms with Gasteiger partial charge >= 0.3 is 5.76 Å². The number of aromatic amines is 1. The number of oxazole rings is 1. The zero-order valence-corrected chi connectivity index (χ0v) is 11.0. The molecule has 0 aliphatic heterocycles. The molecule has 3 nitrogen and oxygen atoms in total. The number of halogens is 1. The molecule has 1 aromatic heterocycles. The van der Waals surface area contributed by atoms with Gasteiger partial charge in [0.1, 0.15) is 0 Å². The van der Waals surface area contributed by atoms with Crippen molar-refractivity contribution >= 4 is 27.0 Å². The maximum absolute atomic E-state index is 11.1. The number of fused-ring (bicyclic) bond motifs is 1. The molecule has 1 N–H and O–H groups in total. The van der Waals surface area contributed by atoms with E-state index in [4.69, 9.17) is 4.42 Å². The number of rotatable bonds is 2. The summed E-state index contributed by atoms with van der Waals surface area (Å²) in [6, 6.07) is 15.8. The molecule has 1 heterocycles. The number of alkyl halides is 1. The van der Waals surface area contributed by atoms with Gasteiger partial charge < -0.3 is 4.42 Å². The van der Waals surface area contributed by atoms with E-state index in [1.807, 2.05) is 36.4 Å². The number of H-pyrrole nitrogens is 1. The molecule has 0 amide bonds. The molecule has 1 atom stereocenters. The fourth-order valence-electron chi connectivity index (χ4n) is 1.93. The topological polar surface area (TPSA) is 46.0 Å². The molecular weight excluding hydrogens is 294 g/mol. The average molecular weight is 304 g/mol. The summed E-state index contributed by atoms with van der Waals surface area (Å²) in [5, 5.41) is 0. The third-order valence-electron chi connectivity index (χ3n) is 2.83. The van der Waals surface area contributed by atoms with Gasteiger partial charge in [-0.1, -0.05) is 52.3 Å². The predicted octanol–water partition coefficient (Wildman–Crippen LogP) is 3.61. The van der Waals surface area contributed by atoms with Gasteiger partial charge in [0.2, 0.25) is 0 Å². The van der Waals surface area contributed by atoms with Crippen molar-refractivity contribution in [1.82, 2.24) is 4.98 Å². The number of benzene rings is 2. The molecule has 3 aromatic rings. The van der Waals surface area contributed by atoms with E-state index < -0.39 is 5.76 Å². The van der Waals surface area contributed by atoms with Crippen molar-refractivity contribution in [3.63, 3.8) is 0 Å². The highest BCUT2D eigenvalue weighted by Gasteiger charge is 2.11. The SMILES string of the molecule is O=c1[nH]c2ccc(C(Br)c3ccccc3)cc2o1. The van der Waals surface area contributed by atoms with Crippen molar-refractivity contribution in [2.75, 3.05) is 0 Å². The van der Waals surface area contributed by atoms with Crippen LogP contribution in [0.1, 0.15) is 16.0 Å². The molecule has 1 unspecified atom stereocenters. The molecule has 0 saturated carbocycles. The first-order valence-electron chi connectivity index (χ1n) is 5.56. The van der Waals surface area contributed by atoms with E-state index >= 15 is 0 Å². The lowest BCUT2D eigenvalue weighted by molar-refractivity contribution is 0.555. The summed E-state index contributed by atoms with van der Waals surface area (Å²) >= 11 is 3.66. The Morgan fingerprint density at radius 2 is 1.83 bits per heavy atom. The van der Waals surface area contributed by atoms with Crippen LogP contribution in [0.2, 0.25) is 0 Å². The van der Waals surface area contributed by atoms with Gasteiger partial charge in [0, 0.05) is 0 Å². The van der Waals surface area contributed by atoms with E-state index in [1.54, 1.807) is 0 Å². The van der Waals surface area contributed by atoms with Crippen LogP contribution in [-0.2, 0) is 0 Å². The first kappa shape index (κ1) is 11.3. The Balaban J connectivity index is 2.06. The van der Waals surface area contributed by atoms with Gasteiger partial charge in [-0.25, -0.2) is 4.79 Å². The molecule has 0 spiro atoms. The smallest absolute Gasteiger partial charge is 0.408 e. The Hall–Kier alpha value is -1.81. The second-order valence-electron chi connectivity index (χ2n) is 4.04. The first-order chi connectivity index (χ1) is 8.74. The molecule has 0 saturated heterocycles. The Morgan fingerprint density at radius 1 is 1.06 bits per heavy atom. The quantitative estimate of drug-likeness (QED) is 0.735. The van der Waals surface area contributed by atoms with Crippen LogP contribution in [0.15, 0.2) is 57.7 Å². The van der Waals surface area contributed by atoms with E-state index in [9.17, 15) is 4.79 Å². The van der Waals surface area contributed by atoms with Gasteiger partial charge in [-0.15, -0.1) is 0 Å². The lowest BCUT2D eigenvalue weighted by Crippen LogP contribution is -1.92. The van der Waals surface area contributed by atoms with Gasteiger partial charge in [-0.3, -0.25) is 4.98 Å². The highest BCUT2D eigenvalue weighted by Crippen LogP contribution is 2.31. The van der Waals surface area contributed by atoms with E-state index in [-0.39, 0.29) is 4.83 Å². The average Bonchev–Trinajstić information content (AvgIpc) is 2.78. The lowest BCUT2D eigenvalue weighted by Gasteiger charge is -2.10. The zero-order valence-electron chi connectivity index (χ0n) is 9.39. The van der Waals surface area contributed by atoms with Crippen molar-refractivity contribution in [2.45, 2.75) is 4.83 Å². The number of hydrogen-bond acceptors (Lipinski definition) is 2. The van der Waals surface area contributed by atoms with Crippen molar-refractivity contribution < 1.29 is 4.42 Å². The van der Waals surface area contributed by atoms with Crippen LogP contribution in [0.3, 0.4) is 0 Å². The largest absolute Gasteiger partial charge is 0.417 e. The lowest BCUT2D eigenvalue weighted by atomic mass is 10.0. The van der Waals surface area contributed by atoms with Crippen LogP contribution >= 0.6 is 15.9 Å². The molecule has 3 rings (SSSR count). The standard InChI is InChI=1S/C14H10BrNO2/c15-13(9-4-2-1-3-5-9)10-6-7-11-12(8-10)18-14(17)16-11/h1-8,13H,(H,16,17). The summed E-state index contributed by atoms with van der Waals surface area (Å²) in [6.45, 7) is 0. The Bertz CT molecular complexity index is 730. The highest BCUT2D eigenvalue weighted by atomic mass is 79.9. The second-order valence-corrected chi connectivity index (χ2v) is 4.96. The third-order valence-corrected chi connectivity index (χ3v) is 3.89. The summed E-state index contributed by atoms with van der Waals surface area (Å²) in [5.74, 6) is -0.423. The Morgan fingerprint density at radius 3 is 2.61 bits per heavy atom. The van der Waals surface area contributed by atoms with Crippen LogP contribution in [0, 0.1) is 0 Å². The molecule has 0 radical (unpaired) electrons. The van der Waals surface area contributed by atoms with Crippen LogP contribution in [0.5, 0.6) is 0 Å². The van der Waals surface area contributed by atoms with Gasteiger partial charge in [-0.2, -0.15) is 0 Å². The minimum Gasteiger partial charge on any atom is -0.408 e. The van der Waals surface area contributed by atoms with Gasteiger partial charge in [-0.05, 0) is 23.3 Å². The molecular formula is C14H10BrNO2. The minimum absolute atomic E-state index is 0.0864. The summed E-state index contributed by atoms with van der Waals surface area (Å²) < 4.78 is 5.06. The van der Waals surface area contributed by atoms with Crippen molar-refractivity contribution in [1.29, 1.82) is 0 Å². The monoisotopic (exact) mass is 303 g/mol. The normalized spacial score (nSPS) is 12.7. The fourth-order valence-corrected chi connectivity index (χ4v) is 2.52. The molecule has 0 fully saturated rings. The van der Waals surface area contributed by atoms with E-state index in [0.717, 1.165) is 16.6 Å². The zero-order chi connectivity index (χ0) is 12.5. The molecule has 2 aromatic carbocycles. The van der Waals surface area contributed by atoms with E-state index in [2.05, 4.69) is 33.0 Å². The highest BCUT2D eigenvalue weighted by molar-refractivity contribution is 9.09. The molecule has 0 bridgehead atoms. The maximum atomic E-state index is 11.1. The second kappa shape index (κ2) is 4.46. The van der Waals surface area contributed by atoms with E-state index in [0.29, 0.717) is 5.58 Å². The molecule has 4 heteroatoms. The van der Waals surface area contributed by atoms with Crippen molar-refractivity contribution in [3.05, 3.63) is 70.2 Å². The van der Waals surface area contributed by atoms with Crippen LogP contribution in [0.25, 0.3) is 11.1 Å². The number of hydrogen-bond donors (Lipinski definition) is 1. The Labute approximate surface area is 112 Å². The van der Waals surface area contributed by atoms with Crippen molar-refractivity contribution in [2.24, 2.45) is 0 Å². The number of nitrogens with one attached hydrogen (secondary N) is 1. The molecule has 18 heavy (non-hydrogen) atoms. The minimum atomic E-state index is -0.423. The summed E-state index contributed by atoms with van der Waals surface area (Å²) in [6.07, 6.45) is 0. The Kier molecular flexibility index (Phi) is 2.80. The van der Waals surface area contributed by atoms with Crippen LogP contribution in [0.4, 0.5) is 0 Å².